The highest BCUT2D eigenvalue weighted by Gasteiger charge is 2.19. The second-order valence-corrected chi connectivity index (χ2v) is 5.99. The van der Waals surface area contributed by atoms with Crippen LogP contribution in [0.1, 0.15) is 31.2 Å². The van der Waals surface area contributed by atoms with Crippen LogP contribution in [-0.4, -0.2) is 11.9 Å². The van der Waals surface area contributed by atoms with Gasteiger partial charge in [-0.3, -0.25) is 0 Å². The number of hydrogen-bond acceptors (Lipinski definition) is 1. The summed E-state index contributed by atoms with van der Waals surface area (Å²) >= 11 is 12.1. The molecule has 1 nitrogen and oxygen atoms in total. The van der Waals surface area contributed by atoms with Gasteiger partial charge in [0.1, 0.15) is 5.82 Å². The third kappa shape index (κ3) is 3.84. The van der Waals surface area contributed by atoms with Crippen LogP contribution >= 0.6 is 23.2 Å². The number of rotatable bonds is 4. The average molecular weight is 290 g/mol. The number of alkyl halides is 1. The molecule has 0 amide bonds. The minimum atomic E-state index is -0.242. The first-order chi connectivity index (χ1) is 8.66. The Morgan fingerprint density at radius 1 is 1.33 bits per heavy atom. The lowest BCUT2D eigenvalue weighted by Gasteiger charge is -2.25. The molecule has 0 heterocycles. The van der Waals surface area contributed by atoms with Crippen molar-refractivity contribution in [1.29, 1.82) is 0 Å². The summed E-state index contributed by atoms with van der Waals surface area (Å²) in [5, 5.41) is 4.09. The molecule has 2 atom stereocenters. The summed E-state index contributed by atoms with van der Waals surface area (Å²) in [6, 6.07) is 4.79. The van der Waals surface area contributed by atoms with Crippen molar-refractivity contribution < 1.29 is 4.39 Å². The van der Waals surface area contributed by atoms with Gasteiger partial charge in [-0.1, -0.05) is 24.1 Å². The molecule has 2 rings (SSSR count). The van der Waals surface area contributed by atoms with Crippen LogP contribution in [0.4, 0.5) is 4.39 Å². The van der Waals surface area contributed by atoms with E-state index < -0.39 is 0 Å². The molecule has 1 saturated carbocycles. The van der Waals surface area contributed by atoms with E-state index in [1.54, 1.807) is 12.1 Å². The highest BCUT2D eigenvalue weighted by Crippen LogP contribution is 2.27. The van der Waals surface area contributed by atoms with Gasteiger partial charge in [-0.2, -0.15) is 0 Å². The van der Waals surface area contributed by atoms with Gasteiger partial charge in [0.25, 0.3) is 0 Å². The number of nitrogens with one attached hydrogen (secondary N) is 1. The van der Waals surface area contributed by atoms with Crippen molar-refractivity contribution in [3.05, 3.63) is 34.6 Å². The summed E-state index contributed by atoms with van der Waals surface area (Å²) < 4.78 is 13.5. The first-order valence-electron chi connectivity index (χ1n) is 6.44. The Labute approximate surface area is 118 Å². The van der Waals surface area contributed by atoms with E-state index in [0.717, 1.165) is 19.4 Å². The minimum absolute atomic E-state index is 0.242. The molecule has 1 aliphatic carbocycles. The third-order valence-electron chi connectivity index (χ3n) is 3.52. The summed E-state index contributed by atoms with van der Waals surface area (Å²) in [6.07, 6.45) is 4.58. The molecule has 2 unspecified atom stereocenters. The predicted octanol–water partition coefficient (Wildman–Crippen LogP) is 4.37. The highest BCUT2D eigenvalue weighted by molar-refractivity contribution is 6.31. The van der Waals surface area contributed by atoms with E-state index in [4.69, 9.17) is 23.2 Å². The summed E-state index contributed by atoms with van der Waals surface area (Å²) in [5.41, 5.74) is 0.553. The van der Waals surface area contributed by atoms with Crippen molar-refractivity contribution >= 4 is 23.2 Å². The van der Waals surface area contributed by atoms with Crippen LogP contribution in [0.2, 0.25) is 5.02 Å². The lowest BCUT2D eigenvalue weighted by atomic mass is 9.89. The molecule has 1 aromatic carbocycles. The monoisotopic (exact) mass is 289 g/mol. The molecule has 0 saturated heterocycles. The Kier molecular flexibility index (Phi) is 5.28. The fourth-order valence-electron chi connectivity index (χ4n) is 2.51. The second-order valence-electron chi connectivity index (χ2n) is 4.96. The molecular weight excluding hydrogens is 272 g/mol. The van der Waals surface area contributed by atoms with Crippen molar-refractivity contribution in [2.75, 3.05) is 6.54 Å². The van der Waals surface area contributed by atoms with Crippen molar-refractivity contribution in [2.24, 2.45) is 5.92 Å². The molecule has 0 aromatic heterocycles. The zero-order valence-electron chi connectivity index (χ0n) is 10.3. The van der Waals surface area contributed by atoms with E-state index in [-0.39, 0.29) is 5.82 Å². The Morgan fingerprint density at radius 2 is 2.17 bits per heavy atom. The first-order valence-corrected chi connectivity index (χ1v) is 7.26. The van der Waals surface area contributed by atoms with Gasteiger partial charge in [0.15, 0.2) is 0 Å². The molecule has 18 heavy (non-hydrogen) atoms. The maximum atomic E-state index is 13.5. The van der Waals surface area contributed by atoms with E-state index in [9.17, 15) is 4.39 Å². The van der Waals surface area contributed by atoms with E-state index >= 15 is 0 Å². The van der Waals surface area contributed by atoms with Gasteiger partial charge in [-0.15, -0.1) is 11.6 Å². The van der Waals surface area contributed by atoms with Gasteiger partial charge < -0.3 is 5.32 Å². The lowest BCUT2D eigenvalue weighted by molar-refractivity contribution is 0.345. The molecular formula is C14H18Cl2FN. The highest BCUT2D eigenvalue weighted by atomic mass is 35.5. The Hall–Kier alpha value is -0.310. The molecule has 0 spiro atoms. The van der Waals surface area contributed by atoms with E-state index in [0.29, 0.717) is 28.4 Å². The van der Waals surface area contributed by atoms with Crippen LogP contribution in [-0.2, 0) is 6.54 Å². The smallest absolute Gasteiger partial charge is 0.129 e. The lowest BCUT2D eigenvalue weighted by Crippen LogP contribution is -2.27. The molecule has 0 aliphatic heterocycles. The molecule has 1 N–H and O–H groups in total. The Morgan fingerprint density at radius 3 is 2.89 bits per heavy atom. The summed E-state index contributed by atoms with van der Waals surface area (Å²) in [5.74, 6) is 0.362. The fraction of sp³-hybridized carbons (Fsp3) is 0.571. The summed E-state index contributed by atoms with van der Waals surface area (Å²) in [4.78, 5) is 0. The molecule has 1 aromatic rings. The number of benzene rings is 1. The van der Waals surface area contributed by atoms with Crippen molar-refractivity contribution in [1.82, 2.24) is 5.32 Å². The molecule has 1 aliphatic rings. The molecule has 100 valence electrons. The predicted molar refractivity (Wildman–Crippen MR) is 74.7 cm³/mol. The standard InChI is InChI=1S/C14H18Cl2FN/c15-11-4-1-3-10(7-11)8-18-9-12-13(16)5-2-6-14(12)17/h2,5-6,10-11,18H,1,3-4,7-9H2. The minimum Gasteiger partial charge on any atom is -0.312 e. The fourth-order valence-corrected chi connectivity index (χ4v) is 3.15. The zero-order chi connectivity index (χ0) is 13.0. The van der Waals surface area contributed by atoms with Crippen LogP contribution in [0.3, 0.4) is 0 Å². The molecule has 0 radical (unpaired) electrons. The quantitative estimate of drug-likeness (QED) is 0.812. The van der Waals surface area contributed by atoms with Crippen molar-refractivity contribution in [3.8, 4) is 0 Å². The van der Waals surface area contributed by atoms with E-state index in [1.807, 2.05) is 0 Å². The first kappa shape index (κ1) is 14.1. The van der Waals surface area contributed by atoms with Gasteiger partial charge in [0.05, 0.1) is 0 Å². The van der Waals surface area contributed by atoms with Gasteiger partial charge in [0.2, 0.25) is 0 Å². The van der Waals surface area contributed by atoms with Crippen molar-refractivity contribution in [3.63, 3.8) is 0 Å². The van der Waals surface area contributed by atoms with Crippen LogP contribution in [0.25, 0.3) is 0 Å². The van der Waals surface area contributed by atoms with Gasteiger partial charge in [-0.05, 0) is 43.9 Å². The van der Waals surface area contributed by atoms with E-state index in [2.05, 4.69) is 5.32 Å². The number of halogens is 3. The second kappa shape index (κ2) is 6.74. The molecule has 0 bridgehead atoms. The van der Waals surface area contributed by atoms with Gasteiger partial charge >= 0.3 is 0 Å². The SMILES string of the molecule is Fc1cccc(Cl)c1CNCC1CCCC(Cl)C1. The van der Waals surface area contributed by atoms with Gasteiger partial charge in [0, 0.05) is 22.5 Å². The van der Waals surface area contributed by atoms with Crippen LogP contribution < -0.4 is 5.32 Å². The van der Waals surface area contributed by atoms with Crippen molar-refractivity contribution in [2.45, 2.75) is 37.6 Å². The van der Waals surface area contributed by atoms with Crippen LogP contribution in [0.5, 0.6) is 0 Å². The Bertz CT molecular complexity index is 377. The topological polar surface area (TPSA) is 12.0 Å². The van der Waals surface area contributed by atoms with Crippen LogP contribution in [0, 0.1) is 11.7 Å². The molecule has 1 fully saturated rings. The normalized spacial score (nSPS) is 24.2. The van der Waals surface area contributed by atoms with E-state index in [1.165, 1.54) is 18.9 Å². The maximum Gasteiger partial charge on any atom is 0.129 e. The number of hydrogen-bond donors (Lipinski definition) is 1. The average Bonchev–Trinajstić information content (AvgIpc) is 2.33. The Balaban J connectivity index is 1.81. The maximum absolute atomic E-state index is 13.5. The third-order valence-corrected chi connectivity index (χ3v) is 4.27. The van der Waals surface area contributed by atoms with Gasteiger partial charge in [-0.25, -0.2) is 4.39 Å². The summed E-state index contributed by atoms with van der Waals surface area (Å²) in [6.45, 7) is 1.36. The zero-order valence-corrected chi connectivity index (χ0v) is 11.8. The largest absolute Gasteiger partial charge is 0.312 e. The van der Waals surface area contributed by atoms with Crippen LogP contribution in [0.15, 0.2) is 18.2 Å². The molecule has 4 heteroatoms. The summed E-state index contributed by atoms with van der Waals surface area (Å²) in [7, 11) is 0.